The molecule has 0 saturated heterocycles. The van der Waals surface area contributed by atoms with Gasteiger partial charge in [-0.05, 0) is 37.8 Å². The summed E-state index contributed by atoms with van der Waals surface area (Å²) in [6.07, 6.45) is 10.2. The molecular weight excluding hydrogens is 348 g/mol. The molecule has 3 aromatic rings. The van der Waals surface area contributed by atoms with Gasteiger partial charge >= 0.3 is 0 Å². The fourth-order valence-electron chi connectivity index (χ4n) is 4.49. The van der Waals surface area contributed by atoms with E-state index >= 15 is 0 Å². The molecule has 6 heteroatoms. The monoisotopic (exact) mass is 378 g/mol. The maximum Gasteiger partial charge on any atom is 0.182 e. The Labute approximate surface area is 167 Å². The number of hydrogen-bond acceptors (Lipinski definition) is 4. The van der Waals surface area contributed by atoms with Crippen LogP contribution in [0, 0.1) is 0 Å². The smallest absolute Gasteiger partial charge is 0.182 e. The van der Waals surface area contributed by atoms with E-state index in [0.717, 1.165) is 36.7 Å². The van der Waals surface area contributed by atoms with E-state index in [1.165, 1.54) is 49.1 Å². The number of nitrogens with zero attached hydrogens (tertiary/aromatic N) is 6. The third-order valence-electron chi connectivity index (χ3n) is 5.79. The van der Waals surface area contributed by atoms with Crippen LogP contribution in [0.2, 0.25) is 0 Å². The molecule has 2 aliphatic rings. The van der Waals surface area contributed by atoms with Gasteiger partial charge in [-0.3, -0.25) is 9.67 Å². The zero-order valence-electron chi connectivity index (χ0n) is 17.2. The predicted molar refractivity (Wildman–Crippen MR) is 111 cm³/mol. The summed E-state index contributed by atoms with van der Waals surface area (Å²) in [5, 5.41) is 14.1. The van der Waals surface area contributed by atoms with Crippen molar-refractivity contribution < 1.29 is 0 Å². The molecule has 0 radical (unpaired) electrons. The third kappa shape index (κ3) is 3.15. The SMILES string of the molecule is CC.CCc1nn(C2CCCCC2)c2c1CCn1c(-c3ccccn3)nnc1-2. The fourth-order valence-corrected chi connectivity index (χ4v) is 4.49. The van der Waals surface area contributed by atoms with Crippen LogP contribution in [0.25, 0.3) is 23.0 Å². The lowest BCUT2D eigenvalue weighted by Crippen LogP contribution is -2.19. The number of aromatic nitrogens is 6. The molecule has 0 atom stereocenters. The number of pyridine rings is 1. The lowest BCUT2D eigenvalue weighted by Gasteiger charge is -2.25. The van der Waals surface area contributed by atoms with Crippen LogP contribution < -0.4 is 0 Å². The van der Waals surface area contributed by atoms with Crippen molar-refractivity contribution in [2.45, 2.75) is 78.3 Å². The van der Waals surface area contributed by atoms with Crippen LogP contribution >= 0.6 is 0 Å². The van der Waals surface area contributed by atoms with Crippen molar-refractivity contribution in [3.8, 4) is 23.0 Å². The minimum atomic E-state index is 0.499. The van der Waals surface area contributed by atoms with Crippen molar-refractivity contribution in [3.05, 3.63) is 35.7 Å². The minimum absolute atomic E-state index is 0.499. The van der Waals surface area contributed by atoms with E-state index in [9.17, 15) is 0 Å². The molecule has 28 heavy (non-hydrogen) atoms. The van der Waals surface area contributed by atoms with Crippen LogP contribution in [0.15, 0.2) is 24.4 Å². The molecular formula is C22H30N6. The highest BCUT2D eigenvalue weighted by molar-refractivity contribution is 5.64. The number of aryl methyl sites for hydroxylation is 1. The van der Waals surface area contributed by atoms with Gasteiger partial charge in [0.1, 0.15) is 11.4 Å². The summed E-state index contributed by atoms with van der Waals surface area (Å²) in [5.41, 5.74) is 4.70. The molecule has 4 heterocycles. The van der Waals surface area contributed by atoms with E-state index in [2.05, 4.69) is 31.4 Å². The maximum absolute atomic E-state index is 5.03. The second kappa shape index (κ2) is 8.25. The summed E-state index contributed by atoms with van der Waals surface area (Å²) < 4.78 is 4.51. The fraction of sp³-hybridized carbons (Fsp3) is 0.545. The normalized spacial score (nSPS) is 16.1. The molecule has 1 fully saturated rings. The Morgan fingerprint density at radius 2 is 1.82 bits per heavy atom. The maximum atomic E-state index is 5.03. The van der Waals surface area contributed by atoms with Crippen molar-refractivity contribution in [3.63, 3.8) is 0 Å². The summed E-state index contributed by atoms with van der Waals surface area (Å²) in [4.78, 5) is 4.47. The van der Waals surface area contributed by atoms with Gasteiger partial charge in [0, 0.05) is 18.3 Å². The topological polar surface area (TPSA) is 61.4 Å². The van der Waals surface area contributed by atoms with E-state index in [1.807, 2.05) is 38.2 Å². The lowest BCUT2D eigenvalue weighted by atomic mass is 9.95. The Morgan fingerprint density at radius 1 is 1.04 bits per heavy atom. The number of fused-ring (bicyclic) bond motifs is 3. The minimum Gasteiger partial charge on any atom is -0.304 e. The van der Waals surface area contributed by atoms with Crippen molar-refractivity contribution in [2.24, 2.45) is 0 Å². The highest BCUT2D eigenvalue weighted by Gasteiger charge is 2.31. The van der Waals surface area contributed by atoms with Crippen LogP contribution in [0.5, 0.6) is 0 Å². The van der Waals surface area contributed by atoms with E-state index in [4.69, 9.17) is 5.10 Å². The van der Waals surface area contributed by atoms with Gasteiger partial charge in [-0.25, -0.2) is 0 Å². The van der Waals surface area contributed by atoms with E-state index in [-0.39, 0.29) is 0 Å². The Morgan fingerprint density at radius 3 is 2.54 bits per heavy atom. The molecule has 1 saturated carbocycles. The van der Waals surface area contributed by atoms with Crippen LogP contribution in [0.1, 0.15) is 70.2 Å². The molecule has 0 bridgehead atoms. The molecule has 0 spiro atoms. The van der Waals surface area contributed by atoms with Gasteiger partial charge in [-0.15, -0.1) is 10.2 Å². The first-order valence-corrected chi connectivity index (χ1v) is 10.8. The van der Waals surface area contributed by atoms with Crippen molar-refractivity contribution >= 4 is 0 Å². The molecule has 3 aromatic heterocycles. The first kappa shape index (κ1) is 18.8. The number of hydrogen-bond donors (Lipinski definition) is 0. The summed E-state index contributed by atoms with van der Waals surface area (Å²) >= 11 is 0. The van der Waals surface area contributed by atoms with Crippen LogP contribution in [0.3, 0.4) is 0 Å². The lowest BCUT2D eigenvalue weighted by molar-refractivity contribution is 0.330. The highest BCUT2D eigenvalue weighted by atomic mass is 15.4. The van der Waals surface area contributed by atoms with Gasteiger partial charge in [0.25, 0.3) is 0 Å². The van der Waals surface area contributed by atoms with Crippen molar-refractivity contribution in [1.29, 1.82) is 0 Å². The molecule has 0 amide bonds. The van der Waals surface area contributed by atoms with Gasteiger partial charge in [0.15, 0.2) is 11.6 Å². The van der Waals surface area contributed by atoms with Crippen LogP contribution in [0.4, 0.5) is 0 Å². The van der Waals surface area contributed by atoms with Gasteiger partial charge in [-0.1, -0.05) is 46.1 Å². The standard InChI is InChI=1S/C20H24N6.C2H6/c1-2-16-15-11-13-25-19(17-10-6-7-12-21-17)22-23-20(25)18(15)26(24-16)14-8-4-3-5-9-14;1-2/h6-7,10,12,14H,2-5,8-9,11,13H2,1H3;1-2H3. The average Bonchev–Trinajstić information content (AvgIpc) is 3.37. The van der Waals surface area contributed by atoms with Gasteiger partial charge in [-0.2, -0.15) is 5.10 Å². The summed E-state index contributed by atoms with van der Waals surface area (Å²) in [7, 11) is 0. The average molecular weight is 379 g/mol. The summed E-state index contributed by atoms with van der Waals surface area (Å²) in [6, 6.07) is 6.43. The molecule has 0 unspecified atom stereocenters. The molecule has 148 valence electrons. The van der Waals surface area contributed by atoms with Gasteiger partial charge < -0.3 is 4.57 Å². The Bertz CT molecular complexity index is 918. The first-order chi connectivity index (χ1) is 13.9. The van der Waals surface area contributed by atoms with E-state index in [0.29, 0.717) is 6.04 Å². The predicted octanol–water partition coefficient (Wildman–Crippen LogP) is 4.85. The van der Waals surface area contributed by atoms with Crippen LogP contribution in [-0.4, -0.2) is 29.5 Å². The quantitative estimate of drug-likeness (QED) is 0.653. The first-order valence-electron chi connectivity index (χ1n) is 10.8. The van der Waals surface area contributed by atoms with Gasteiger partial charge in [0.05, 0.1) is 11.7 Å². The largest absolute Gasteiger partial charge is 0.304 e. The Hall–Kier alpha value is -2.50. The second-order valence-electron chi connectivity index (χ2n) is 7.33. The van der Waals surface area contributed by atoms with Gasteiger partial charge in [0.2, 0.25) is 0 Å². The van der Waals surface area contributed by atoms with E-state index < -0.39 is 0 Å². The Balaban J connectivity index is 0.000000932. The van der Waals surface area contributed by atoms with E-state index in [1.54, 1.807) is 0 Å². The van der Waals surface area contributed by atoms with Crippen molar-refractivity contribution in [2.75, 3.05) is 0 Å². The Kier molecular flexibility index (Phi) is 5.55. The van der Waals surface area contributed by atoms with Crippen LogP contribution in [-0.2, 0) is 19.4 Å². The molecule has 0 aromatic carbocycles. The zero-order valence-corrected chi connectivity index (χ0v) is 17.2. The summed E-state index contributed by atoms with van der Waals surface area (Å²) in [6.45, 7) is 7.09. The third-order valence-corrected chi connectivity index (χ3v) is 5.79. The molecule has 0 N–H and O–H groups in total. The number of rotatable bonds is 3. The molecule has 6 nitrogen and oxygen atoms in total. The molecule has 1 aliphatic heterocycles. The summed E-state index contributed by atoms with van der Waals surface area (Å²) in [5.74, 6) is 1.82. The molecule has 1 aliphatic carbocycles. The second-order valence-corrected chi connectivity index (χ2v) is 7.33. The highest BCUT2D eigenvalue weighted by Crippen LogP contribution is 2.38. The van der Waals surface area contributed by atoms with Crippen molar-refractivity contribution in [1.82, 2.24) is 29.5 Å². The zero-order chi connectivity index (χ0) is 19.5. The molecule has 5 rings (SSSR count).